The standard InChI is InChI=1S/C27H25F3N2O/c1-18-5-8-25-22(13-18)27(17-32(25)26(33)20-6-7-23(29)24(30)15-20)9-11-31(12-10-27)16-19-3-2-4-21(28)14-19/h2-8,13-15H,9-12,16-17H2,1H3. The fourth-order valence-electron chi connectivity index (χ4n) is 5.21. The molecule has 1 amide bonds. The van der Waals surface area contributed by atoms with E-state index in [1.54, 1.807) is 17.0 Å². The van der Waals surface area contributed by atoms with E-state index in [4.69, 9.17) is 0 Å². The summed E-state index contributed by atoms with van der Waals surface area (Å²) in [5.74, 6) is -2.54. The molecule has 0 N–H and O–H groups in total. The van der Waals surface area contributed by atoms with Crippen LogP contribution < -0.4 is 4.90 Å². The quantitative estimate of drug-likeness (QED) is 0.518. The van der Waals surface area contributed by atoms with Crippen molar-refractivity contribution < 1.29 is 18.0 Å². The highest BCUT2D eigenvalue weighted by Gasteiger charge is 2.46. The molecule has 1 fully saturated rings. The number of halogens is 3. The lowest BCUT2D eigenvalue weighted by Crippen LogP contribution is -2.45. The molecule has 6 heteroatoms. The van der Waals surface area contributed by atoms with E-state index < -0.39 is 11.6 Å². The number of aryl methyl sites for hydroxylation is 1. The van der Waals surface area contributed by atoms with Crippen LogP contribution in [0.25, 0.3) is 0 Å². The fourth-order valence-corrected chi connectivity index (χ4v) is 5.21. The van der Waals surface area contributed by atoms with Crippen molar-refractivity contribution in [2.75, 3.05) is 24.5 Å². The number of benzene rings is 3. The first kappa shape index (κ1) is 21.7. The third kappa shape index (κ3) is 4.04. The number of hydrogen-bond acceptors (Lipinski definition) is 2. The maximum Gasteiger partial charge on any atom is 0.258 e. The van der Waals surface area contributed by atoms with Gasteiger partial charge in [-0.25, -0.2) is 13.2 Å². The number of likely N-dealkylation sites (tertiary alicyclic amines) is 1. The van der Waals surface area contributed by atoms with Gasteiger partial charge in [0.2, 0.25) is 0 Å². The van der Waals surface area contributed by atoms with Crippen LogP contribution in [0.2, 0.25) is 0 Å². The molecule has 1 saturated heterocycles. The zero-order valence-electron chi connectivity index (χ0n) is 18.5. The Balaban J connectivity index is 1.39. The maximum atomic E-state index is 13.8. The Morgan fingerprint density at radius 2 is 1.73 bits per heavy atom. The van der Waals surface area contributed by atoms with Crippen molar-refractivity contribution in [3.8, 4) is 0 Å². The van der Waals surface area contributed by atoms with E-state index in [9.17, 15) is 18.0 Å². The molecule has 5 rings (SSSR count). The molecule has 0 aromatic heterocycles. The molecule has 2 aliphatic heterocycles. The van der Waals surface area contributed by atoms with Crippen molar-refractivity contribution in [1.29, 1.82) is 0 Å². The first-order valence-corrected chi connectivity index (χ1v) is 11.2. The molecule has 33 heavy (non-hydrogen) atoms. The van der Waals surface area contributed by atoms with Gasteiger partial charge in [-0.2, -0.15) is 0 Å². The number of piperidine rings is 1. The van der Waals surface area contributed by atoms with E-state index >= 15 is 0 Å². The first-order chi connectivity index (χ1) is 15.8. The van der Waals surface area contributed by atoms with E-state index in [0.29, 0.717) is 13.1 Å². The summed E-state index contributed by atoms with van der Waals surface area (Å²) in [5, 5.41) is 0. The lowest BCUT2D eigenvalue weighted by Gasteiger charge is -2.40. The molecule has 3 nitrogen and oxygen atoms in total. The summed E-state index contributed by atoms with van der Waals surface area (Å²) in [4.78, 5) is 17.3. The third-order valence-corrected chi connectivity index (χ3v) is 7.00. The van der Waals surface area contributed by atoms with Crippen LogP contribution in [0.3, 0.4) is 0 Å². The zero-order chi connectivity index (χ0) is 23.2. The summed E-state index contributed by atoms with van der Waals surface area (Å²) in [5.41, 5.74) is 4.01. The summed E-state index contributed by atoms with van der Waals surface area (Å²) in [6, 6.07) is 16.1. The number of carbonyl (C=O) groups is 1. The molecule has 3 aromatic rings. The molecule has 3 aromatic carbocycles. The van der Waals surface area contributed by atoms with Crippen LogP contribution in [-0.4, -0.2) is 30.4 Å². The summed E-state index contributed by atoms with van der Waals surface area (Å²) in [6.07, 6.45) is 1.72. The van der Waals surface area contributed by atoms with Gasteiger partial charge in [0.1, 0.15) is 5.82 Å². The normalized spacial score (nSPS) is 17.4. The molecule has 1 spiro atoms. The summed E-state index contributed by atoms with van der Waals surface area (Å²) in [6.45, 7) is 4.89. The molecule has 0 bridgehead atoms. The van der Waals surface area contributed by atoms with Gasteiger partial charge in [0.25, 0.3) is 5.91 Å². The molecule has 2 aliphatic rings. The van der Waals surface area contributed by atoms with Gasteiger partial charge in [-0.05, 0) is 80.4 Å². The van der Waals surface area contributed by atoms with Gasteiger partial charge in [0.15, 0.2) is 11.6 Å². The minimum Gasteiger partial charge on any atom is -0.307 e. The van der Waals surface area contributed by atoms with Crippen molar-refractivity contribution in [2.45, 2.75) is 31.7 Å². The topological polar surface area (TPSA) is 23.6 Å². The Morgan fingerprint density at radius 3 is 2.45 bits per heavy atom. The van der Waals surface area contributed by atoms with Crippen LogP contribution in [-0.2, 0) is 12.0 Å². The van der Waals surface area contributed by atoms with E-state index in [1.807, 2.05) is 25.1 Å². The van der Waals surface area contributed by atoms with Crippen LogP contribution in [0.5, 0.6) is 0 Å². The second-order valence-corrected chi connectivity index (χ2v) is 9.23. The predicted molar refractivity (Wildman–Crippen MR) is 122 cm³/mol. The number of rotatable bonds is 3. The van der Waals surface area contributed by atoms with Crippen LogP contribution in [0.4, 0.5) is 18.9 Å². The van der Waals surface area contributed by atoms with Crippen molar-refractivity contribution in [1.82, 2.24) is 4.90 Å². The molecular weight excluding hydrogens is 425 g/mol. The number of amides is 1. The molecule has 2 heterocycles. The summed E-state index contributed by atoms with van der Waals surface area (Å²) >= 11 is 0. The van der Waals surface area contributed by atoms with Gasteiger partial charge in [-0.15, -0.1) is 0 Å². The average Bonchev–Trinajstić information content (AvgIpc) is 3.10. The highest BCUT2D eigenvalue weighted by Crippen LogP contribution is 2.48. The van der Waals surface area contributed by atoms with E-state index in [-0.39, 0.29) is 22.7 Å². The Hall–Kier alpha value is -3.12. The summed E-state index contributed by atoms with van der Waals surface area (Å²) < 4.78 is 40.8. The number of hydrogen-bond donors (Lipinski definition) is 0. The maximum absolute atomic E-state index is 13.8. The number of carbonyl (C=O) groups excluding carboxylic acids is 1. The van der Waals surface area contributed by atoms with E-state index in [2.05, 4.69) is 11.0 Å². The Morgan fingerprint density at radius 1 is 0.939 bits per heavy atom. The molecule has 0 aliphatic carbocycles. The Labute approximate surface area is 191 Å². The van der Waals surface area contributed by atoms with Crippen LogP contribution in [0.1, 0.15) is 39.9 Å². The molecule has 0 saturated carbocycles. The molecule has 0 radical (unpaired) electrons. The van der Waals surface area contributed by atoms with Gasteiger partial charge in [0, 0.05) is 29.8 Å². The average molecular weight is 451 g/mol. The zero-order valence-corrected chi connectivity index (χ0v) is 18.5. The highest BCUT2D eigenvalue weighted by atomic mass is 19.2. The van der Waals surface area contributed by atoms with Crippen molar-refractivity contribution >= 4 is 11.6 Å². The highest BCUT2D eigenvalue weighted by molar-refractivity contribution is 6.07. The number of anilines is 1. The molecular formula is C27H25F3N2O. The first-order valence-electron chi connectivity index (χ1n) is 11.2. The molecule has 170 valence electrons. The van der Waals surface area contributed by atoms with Crippen molar-refractivity contribution in [3.63, 3.8) is 0 Å². The van der Waals surface area contributed by atoms with Crippen molar-refractivity contribution in [2.24, 2.45) is 0 Å². The van der Waals surface area contributed by atoms with Crippen LogP contribution in [0, 0.1) is 24.4 Å². The molecule has 0 unspecified atom stereocenters. The third-order valence-electron chi connectivity index (χ3n) is 7.00. The van der Waals surface area contributed by atoms with Gasteiger partial charge >= 0.3 is 0 Å². The van der Waals surface area contributed by atoms with E-state index in [1.165, 1.54) is 12.1 Å². The smallest absolute Gasteiger partial charge is 0.258 e. The van der Waals surface area contributed by atoms with Gasteiger partial charge in [0.05, 0.1) is 0 Å². The predicted octanol–water partition coefficient (Wildman–Crippen LogP) is 5.61. The van der Waals surface area contributed by atoms with E-state index in [0.717, 1.165) is 60.4 Å². The van der Waals surface area contributed by atoms with Gasteiger partial charge < -0.3 is 4.90 Å². The largest absolute Gasteiger partial charge is 0.307 e. The Kier molecular flexibility index (Phi) is 5.49. The second-order valence-electron chi connectivity index (χ2n) is 9.23. The lowest BCUT2D eigenvalue weighted by atomic mass is 9.74. The van der Waals surface area contributed by atoms with Crippen LogP contribution in [0.15, 0.2) is 60.7 Å². The van der Waals surface area contributed by atoms with Crippen molar-refractivity contribution in [3.05, 3.63) is 100 Å². The monoisotopic (exact) mass is 450 g/mol. The minimum absolute atomic E-state index is 0.140. The fraction of sp³-hybridized carbons (Fsp3) is 0.296. The van der Waals surface area contributed by atoms with Gasteiger partial charge in [-0.3, -0.25) is 9.69 Å². The Bertz CT molecular complexity index is 1220. The van der Waals surface area contributed by atoms with Crippen LogP contribution >= 0.6 is 0 Å². The SMILES string of the molecule is Cc1ccc2c(c1)C1(CCN(Cc3cccc(F)c3)CC1)CN2C(=O)c1ccc(F)c(F)c1. The summed E-state index contributed by atoms with van der Waals surface area (Å²) in [7, 11) is 0. The molecule has 0 atom stereocenters. The van der Waals surface area contributed by atoms with Gasteiger partial charge in [-0.1, -0.05) is 29.8 Å². The lowest BCUT2D eigenvalue weighted by molar-refractivity contribution is 0.0975. The minimum atomic E-state index is -1.02. The number of fused-ring (bicyclic) bond motifs is 2. The number of nitrogens with zero attached hydrogens (tertiary/aromatic N) is 2. The second kappa shape index (κ2) is 8.34.